The lowest BCUT2D eigenvalue weighted by Crippen LogP contribution is -2.24. The molecule has 0 aliphatic rings. The van der Waals surface area contributed by atoms with Gasteiger partial charge in [-0.25, -0.2) is 0 Å². The Kier molecular flexibility index (Phi) is 2.90. The second kappa shape index (κ2) is 4.58. The summed E-state index contributed by atoms with van der Waals surface area (Å²) in [4.78, 5) is 0. The van der Waals surface area contributed by atoms with Gasteiger partial charge >= 0.3 is 0 Å². The number of hydrogen-bond donors (Lipinski definition) is 0. The molecule has 0 aliphatic carbocycles. The summed E-state index contributed by atoms with van der Waals surface area (Å²) in [6.45, 7) is 7.44. The van der Waals surface area contributed by atoms with Crippen LogP contribution >= 0.6 is 0 Å². The van der Waals surface area contributed by atoms with Crippen molar-refractivity contribution in [2.24, 2.45) is 0 Å². The second-order valence-corrected chi connectivity index (χ2v) is 4.80. The number of fused-ring (bicyclic) bond motifs is 3. The van der Waals surface area contributed by atoms with Gasteiger partial charge in [0.2, 0.25) is 0 Å². The van der Waals surface area contributed by atoms with E-state index in [4.69, 9.17) is 0 Å². The first-order valence-electron chi connectivity index (χ1n) is 6.94. The number of rotatable bonds is 1. The standard InChI is InChI=1S/C18H19N/c1-4-13-11-12-17-18(14(13)5-2)15-9-7-8-10-16(15)19(17)6-3/h4-5,7-12H,6H2,1-3H3/b13-4-,14-5+. The maximum absolute atomic E-state index is 2.40. The normalized spacial score (nSPS) is 13.8. The van der Waals surface area contributed by atoms with Gasteiger partial charge in [-0.2, -0.15) is 0 Å². The zero-order valence-electron chi connectivity index (χ0n) is 11.8. The number of benzene rings is 2. The zero-order valence-corrected chi connectivity index (χ0v) is 11.8. The molecule has 1 nitrogen and oxygen atoms in total. The fourth-order valence-corrected chi connectivity index (χ4v) is 3.09. The van der Waals surface area contributed by atoms with E-state index in [2.05, 4.69) is 73.9 Å². The molecule has 1 aromatic heterocycles. The molecule has 0 atom stereocenters. The predicted octanol–water partition coefficient (Wildman–Crippen LogP) is 3.42. The largest absolute Gasteiger partial charge is 0.341 e. The first-order chi connectivity index (χ1) is 9.31. The van der Waals surface area contributed by atoms with E-state index in [0.717, 1.165) is 6.54 Å². The summed E-state index contributed by atoms with van der Waals surface area (Å²) < 4.78 is 2.40. The van der Waals surface area contributed by atoms with Crippen molar-refractivity contribution in [3.8, 4) is 0 Å². The number of aryl methyl sites for hydroxylation is 1. The van der Waals surface area contributed by atoms with E-state index in [9.17, 15) is 0 Å². The maximum Gasteiger partial charge on any atom is 0.0497 e. The van der Waals surface area contributed by atoms with Gasteiger partial charge in [-0.05, 0) is 43.3 Å². The van der Waals surface area contributed by atoms with Crippen LogP contribution in [0, 0.1) is 0 Å². The minimum Gasteiger partial charge on any atom is -0.341 e. The Balaban J connectivity index is 2.73. The molecule has 0 fully saturated rings. The molecular weight excluding hydrogens is 230 g/mol. The van der Waals surface area contributed by atoms with Crippen molar-refractivity contribution in [2.75, 3.05) is 0 Å². The number of nitrogens with zero attached hydrogens (tertiary/aromatic N) is 1. The zero-order chi connectivity index (χ0) is 13.4. The third-order valence-corrected chi connectivity index (χ3v) is 3.93. The molecule has 19 heavy (non-hydrogen) atoms. The van der Waals surface area contributed by atoms with Crippen LogP contribution < -0.4 is 10.4 Å². The lowest BCUT2D eigenvalue weighted by atomic mass is 10.1. The lowest BCUT2D eigenvalue weighted by molar-refractivity contribution is 0.827. The molecule has 96 valence electrons. The SMILES string of the molecule is C/C=c1/ccc2c(/c1=C/C)c1ccccc1n2CC. The van der Waals surface area contributed by atoms with Crippen molar-refractivity contribution in [1.82, 2.24) is 4.57 Å². The van der Waals surface area contributed by atoms with Gasteiger partial charge in [0.25, 0.3) is 0 Å². The van der Waals surface area contributed by atoms with Crippen LogP contribution in [0.15, 0.2) is 36.4 Å². The summed E-state index contributed by atoms with van der Waals surface area (Å²) in [6, 6.07) is 13.2. The molecule has 0 aliphatic heterocycles. The molecule has 0 saturated heterocycles. The van der Waals surface area contributed by atoms with E-state index in [-0.39, 0.29) is 0 Å². The molecule has 0 N–H and O–H groups in total. The molecule has 0 radical (unpaired) electrons. The van der Waals surface area contributed by atoms with Crippen LogP contribution in [0.4, 0.5) is 0 Å². The quantitative estimate of drug-likeness (QED) is 0.623. The van der Waals surface area contributed by atoms with Gasteiger partial charge in [-0.3, -0.25) is 0 Å². The van der Waals surface area contributed by atoms with Gasteiger partial charge in [0, 0.05) is 28.4 Å². The van der Waals surface area contributed by atoms with E-state index in [1.165, 1.54) is 32.2 Å². The van der Waals surface area contributed by atoms with Gasteiger partial charge < -0.3 is 4.57 Å². The van der Waals surface area contributed by atoms with Crippen molar-refractivity contribution < 1.29 is 0 Å². The highest BCUT2D eigenvalue weighted by Crippen LogP contribution is 2.25. The Morgan fingerprint density at radius 2 is 1.74 bits per heavy atom. The van der Waals surface area contributed by atoms with E-state index in [1.54, 1.807) is 0 Å². The summed E-state index contributed by atoms with van der Waals surface area (Å²) in [7, 11) is 0. The number of hydrogen-bond acceptors (Lipinski definition) is 0. The van der Waals surface area contributed by atoms with Crippen LogP contribution in [0.2, 0.25) is 0 Å². The van der Waals surface area contributed by atoms with Crippen molar-refractivity contribution in [1.29, 1.82) is 0 Å². The van der Waals surface area contributed by atoms with Crippen LogP contribution in [0.3, 0.4) is 0 Å². The molecule has 0 saturated carbocycles. The number of para-hydroxylation sites is 1. The molecule has 0 bridgehead atoms. The van der Waals surface area contributed by atoms with E-state index >= 15 is 0 Å². The van der Waals surface area contributed by atoms with Crippen LogP contribution in [-0.4, -0.2) is 4.57 Å². The third kappa shape index (κ3) is 1.61. The predicted molar refractivity (Wildman–Crippen MR) is 84.6 cm³/mol. The van der Waals surface area contributed by atoms with Gasteiger partial charge in [0.05, 0.1) is 0 Å². The van der Waals surface area contributed by atoms with Crippen LogP contribution in [0.5, 0.6) is 0 Å². The summed E-state index contributed by atoms with van der Waals surface area (Å²) in [5, 5.41) is 5.41. The minimum atomic E-state index is 1.00. The Labute approximate surface area is 113 Å². The first kappa shape index (κ1) is 12.0. The summed E-state index contributed by atoms with van der Waals surface area (Å²) >= 11 is 0. The van der Waals surface area contributed by atoms with Crippen molar-refractivity contribution >= 4 is 34.0 Å². The smallest absolute Gasteiger partial charge is 0.0497 e. The van der Waals surface area contributed by atoms with E-state index < -0.39 is 0 Å². The van der Waals surface area contributed by atoms with Crippen LogP contribution in [-0.2, 0) is 6.54 Å². The van der Waals surface area contributed by atoms with Gasteiger partial charge in [-0.1, -0.05) is 36.4 Å². The average molecular weight is 249 g/mol. The topological polar surface area (TPSA) is 4.93 Å². The molecule has 0 spiro atoms. The molecule has 3 aromatic rings. The summed E-state index contributed by atoms with van der Waals surface area (Å²) in [5.41, 5.74) is 2.67. The second-order valence-electron chi connectivity index (χ2n) is 4.80. The molecule has 0 amide bonds. The Morgan fingerprint density at radius 3 is 2.42 bits per heavy atom. The van der Waals surface area contributed by atoms with Crippen molar-refractivity contribution in [2.45, 2.75) is 27.3 Å². The molecule has 1 heterocycles. The van der Waals surface area contributed by atoms with Gasteiger partial charge in [-0.15, -0.1) is 0 Å². The minimum absolute atomic E-state index is 1.00. The van der Waals surface area contributed by atoms with Crippen molar-refractivity contribution in [3.05, 3.63) is 46.8 Å². The first-order valence-corrected chi connectivity index (χ1v) is 6.94. The number of aromatic nitrogens is 1. The summed E-state index contributed by atoms with van der Waals surface area (Å²) in [5.74, 6) is 0. The molecule has 3 rings (SSSR count). The average Bonchev–Trinajstić information content (AvgIpc) is 2.79. The molecule has 2 aromatic carbocycles. The monoisotopic (exact) mass is 249 g/mol. The molecule has 0 unspecified atom stereocenters. The highest BCUT2D eigenvalue weighted by molar-refractivity contribution is 6.08. The lowest BCUT2D eigenvalue weighted by Gasteiger charge is -2.02. The Bertz CT molecular complexity index is 866. The third-order valence-electron chi connectivity index (χ3n) is 3.93. The van der Waals surface area contributed by atoms with E-state index in [1.807, 2.05) is 0 Å². The molecular formula is C18H19N. The van der Waals surface area contributed by atoms with Crippen LogP contribution in [0.1, 0.15) is 20.8 Å². The fourth-order valence-electron chi connectivity index (χ4n) is 3.09. The van der Waals surface area contributed by atoms with Gasteiger partial charge in [0.15, 0.2) is 0 Å². The van der Waals surface area contributed by atoms with Crippen LogP contribution in [0.25, 0.3) is 34.0 Å². The Hall–Kier alpha value is -2.02. The highest BCUT2D eigenvalue weighted by atomic mass is 15.0. The van der Waals surface area contributed by atoms with Crippen molar-refractivity contribution in [3.63, 3.8) is 0 Å². The fraction of sp³-hybridized carbons (Fsp3) is 0.222. The van der Waals surface area contributed by atoms with E-state index in [0.29, 0.717) is 0 Å². The maximum atomic E-state index is 2.40. The Morgan fingerprint density at radius 1 is 0.947 bits per heavy atom. The summed E-state index contributed by atoms with van der Waals surface area (Å²) in [6.07, 6.45) is 4.41. The highest BCUT2D eigenvalue weighted by Gasteiger charge is 2.09. The van der Waals surface area contributed by atoms with Gasteiger partial charge in [0.1, 0.15) is 0 Å². The molecule has 1 heteroatoms.